The second-order valence-corrected chi connectivity index (χ2v) is 24.0. The molecule has 1 saturated carbocycles. The standard InChI is InChI=1S/C17H20N2S.C16H25NO2.C13H18O2.C11H16N2O3.C8H10N4O2/c1-13(18(2)3)12-19-14-8-4-6-10-16(14)20-17-11-7-5-9-15(17)19;1-17(2)12-14-7-4-5-10-16(14,18)13-8-6-9-15(11-13)19-3;1-9(2)8-11-4-6-12(7-5-11)10(3)13(14)15;1-4-6-11(7(3)5-2)8(14)12-10(16)13-9(11)15;1-10-4-9-6-5(10)7(13)12(3)8(14)11(6)2/h4-11,13H,12H2,1-3H3;6,8-9,11,14,18H,4-5,7,10,12H2,1-3H3;4-7,9-10H,8H2,1-3H3,(H,14,15);4,7H,1,5-6H2,2-3H3,(H2,12,13,14,15,16);4H,1-3H3/t;14-,16+;;;/m.1.../s1. The molecular weight excluding hydrogens is 1080 g/mol. The lowest BCUT2D eigenvalue weighted by Crippen LogP contribution is -2.64. The van der Waals surface area contributed by atoms with E-state index < -0.39 is 40.7 Å². The molecule has 4 aromatic carbocycles. The van der Waals surface area contributed by atoms with Crippen molar-refractivity contribution in [3.05, 3.63) is 154 Å². The van der Waals surface area contributed by atoms with Gasteiger partial charge in [-0.3, -0.25) is 38.9 Å². The molecule has 3 aliphatic rings. The average Bonchev–Trinajstić information content (AvgIpc) is 1.80. The van der Waals surface area contributed by atoms with E-state index in [1.807, 2.05) is 74.1 Å². The number of fused-ring (bicyclic) bond motifs is 3. The summed E-state index contributed by atoms with van der Waals surface area (Å²) in [4.78, 5) is 82.3. The van der Waals surface area contributed by atoms with Crippen molar-refractivity contribution in [2.45, 2.75) is 114 Å². The number of aryl methyl sites for hydroxylation is 2. The molecule has 4 N–H and O–H groups in total. The maximum Gasteiger partial charge on any atom is 0.332 e. The summed E-state index contributed by atoms with van der Waals surface area (Å²) >= 11 is 1.87. The predicted octanol–water partition coefficient (Wildman–Crippen LogP) is 9.88. The van der Waals surface area contributed by atoms with Crippen molar-refractivity contribution in [2.24, 2.45) is 44.3 Å². The molecule has 0 spiro atoms. The molecule has 18 nitrogen and oxygen atoms in total. The van der Waals surface area contributed by atoms with Crippen molar-refractivity contribution >= 4 is 58.1 Å². The summed E-state index contributed by atoms with van der Waals surface area (Å²) in [6.07, 6.45) is 9.23. The normalized spacial score (nSPS) is 17.9. The van der Waals surface area contributed by atoms with Crippen LogP contribution in [0, 0.1) is 23.2 Å². The average molecular weight is 1170 g/mol. The highest BCUT2D eigenvalue weighted by Gasteiger charge is 2.52. The topological polar surface area (TPSA) is 214 Å². The number of para-hydroxylation sites is 2. The van der Waals surface area contributed by atoms with E-state index in [0.717, 1.165) is 60.2 Å². The Morgan fingerprint density at radius 1 is 0.845 bits per heavy atom. The molecule has 2 aliphatic heterocycles. The molecule has 0 bridgehead atoms. The number of carboxylic acids is 1. The molecule has 84 heavy (non-hydrogen) atoms. The number of allylic oxidation sites excluding steroid dienone is 1. The van der Waals surface area contributed by atoms with Gasteiger partial charge in [0.1, 0.15) is 11.2 Å². The third-order valence-electron chi connectivity index (χ3n) is 16.0. The van der Waals surface area contributed by atoms with Crippen LogP contribution in [0.2, 0.25) is 0 Å². The van der Waals surface area contributed by atoms with E-state index >= 15 is 0 Å². The number of aromatic nitrogens is 4. The Hall–Kier alpha value is -7.32. The Kier molecular flexibility index (Phi) is 24.5. The number of barbiturate groups is 1. The number of imide groups is 2. The fraction of sp³-hybridized carbons (Fsp3) is 0.462. The molecule has 3 unspecified atom stereocenters. The third kappa shape index (κ3) is 16.3. The van der Waals surface area contributed by atoms with Gasteiger partial charge in [-0.2, -0.15) is 0 Å². The highest BCUT2D eigenvalue weighted by atomic mass is 32.2. The molecule has 2 fully saturated rings. The van der Waals surface area contributed by atoms with Crippen LogP contribution >= 0.6 is 11.8 Å². The number of ether oxygens (including phenoxy) is 1. The molecule has 5 atom stereocenters. The molecule has 454 valence electrons. The molecule has 4 amide bonds. The minimum atomic E-state index is -1.20. The maximum atomic E-state index is 11.9. The largest absolute Gasteiger partial charge is 0.497 e. The Bertz CT molecular complexity index is 3270. The number of nitrogens with one attached hydrogen (secondary N) is 2. The number of urea groups is 1. The van der Waals surface area contributed by atoms with Crippen molar-refractivity contribution in [3.8, 4) is 5.75 Å². The number of aliphatic carboxylic acids is 1. The monoisotopic (exact) mass is 1170 g/mol. The first-order valence-electron chi connectivity index (χ1n) is 28.7. The number of benzene rings is 4. The second-order valence-electron chi connectivity index (χ2n) is 23.0. The second kappa shape index (κ2) is 30.5. The number of methoxy groups -OCH3 is 1. The van der Waals surface area contributed by atoms with Gasteiger partial charge in [-0.25, -0.2) is 14.6 Å². The van der Waals surface area contributed by atoms with Gasteiger partial charge >= 0.3 is 17.7 Å². The highest BCUT2D eigenvalue weighted by Crippen LogP contribution is 2.48. The fourth-order valence-corrected chi connectivity index (χ4v) is 11.7. The zero-order chi connectivity index (χ0) is 62.2. The number of carbonyl (C=O) groups excluding carboxylic acids is 3. The van der Waals surface area contributed by atoms with Crippen LogP contribution in [0.25, 0.3) is 11.2 Å². The number of anilines is 2. The molecule has 19 heteroatoms. The molecule has 4 heterocycles. The van der Waals surface area contributed by atoms with Gasteiger partial charge in [-0.15, -0.1) is 6.58 Å². The maximum absolute atomic E-state index is 11.9. The van der Waals surface area contributed by atoms with Gasteiger partial charge in [0.05, 0.1) is 36.3 Å². The molecule has 9 rings (SSSR count). The number of amides is 4. The SMILES string of the molecule is C=CCC1(C(C)CC)C(=O)NC(=O)NC1=O.CC(C)Cc1ccc(C(C)C(=O)O)cc1.CC(CN1c2ccccc2Sc2ccccc21)N(C)C.COc1cccc([C@@]2(O)CCCC[C@@H]2CN(C)C)c1.Cn1c(=O)c2c(ncn2C)n(C)c1=O. The summed E-state index contributed by atoms with van der Waals surface area (Å²) in [5, 5.41) is 24.3. The smallest absolute Gasteiger partial charge is 0.332 e. The van der Waals surface area contributed by atoms with Crippen molar-refractivity contribution in [1.82, 2.24) is 39.1 Å². The summed E-state index contributed by atoms with van der Waals surface area (Å²) in [6, 6.07) is 32.9. The van der Waals surface area contributed by atoms with Crippen LogP contribution in [0.1, 0.15) is 103 Å². The molecule has 1 aliphatic carbocycles. The van der Waals surface area contributed by atoms with Crippen LogP contribution < -0.4 is 31.5 Å². The molecule has 1 saturated heterocycles. The van der Waals surface area contributed by atoms with Crippen molar-refractivity contribution < 1.29 is 34.1 Å². The van der Waals surface area contributed by atoms with E-state index in [9.17, 15) is 33.9 Å². The van der Waals surface area contributed by atoms with Crippen molar-refractivity contribution in [1.29, 1.82) is 0 Å². The van der Waals surface area contributed by atoms with Crippen molar-refractivity contribution in [3.63, 3.8) is 0 Å². The van der Waals surface area contributed by atoms with Crippen LogP contribution in [0.5, 0.6) is 5.75 Å². The van der Waals surface area contributed by atoms with Gasteiger partial charge in [0.25, 0.3) is 5.56 Å². The number of carbonyl (C=O) groups is 4. The lowest BCUT2D eigenvalue weighted by molar-refractivity contribution is -0.148. The number of hydrogen-bond acceptors (Lipinski definition) is 13. The Balaban J connectivity index is 0.000000193. The first-order valence-corrected chi connectivity index (χ1v) is 29.5. The minimum absolute atomic E-state index is 0.154. The number of rotatable bonds is 15. The zero-order valence-electron chi connectivity index (χ0n) is 51.6. The van der Waals surface area contributed by atoms with E-state index in [-0.39, 0.29) is 23.6 Å². The van der Waals surface area contributed by atoms with Crippen LogP contribution in [0.3, 0.4) is 0 Å². The van der Waals surface area contributed by atoms with Crippen LogP contribution in [0.4, 0.5) is 16.2 Å². The van der Waals surface area contributed by atoms with Gasteiger partial charge in [-0.05, 0) is 133 Å². The summed E-state index contributed by atoms with van der Waals surface area (Å²) in [6.45, 7) is 17.5. The number of hydrogen-bond donors (Lipinski definition) is 4. The summed E-state index contributed by atoms with van der Waals surface area (Å²) in [5.74, 6) is -0.662. The fourth-order valence-electron chi connectivity index (χ4n) is 10.6. The first kappa shape index (κ1) is 67.5. The minimum Gasteiger partial charge on any atom is -0.497 e. The molecular formula is C65H89N9O9S. The number of likely N-dealkylation sites (N-methyl/N-ethyl adjacent to an activating group) is 1. The summed E-state index contributed by atoms with van der Waals surface area (Å²) in [7, 11) is 14.9. The van der Waals surface area contributed by atoms with E-state index in [2.05, 4.69) is 134 Å². The number of aliphatic hydroxyl groups is 1. The van der Waals surface area contributed by atoms with Gasteiger partial charge in [0.15, 0.2) is 11.2 Å². The summed E-state index contributed by atoms with van der Waals surface area (Å²) in [5.41, 5.74) is 4.05. The van der Waals surface area contributed by atoms with E-state index in [1.165, 1.54) is 57.2 Å². The molecule has 6 aromatic rings. The van der Waals surface area contributed by atoms with Gasteiger partial charge in [0.2, 0.25) is 11.8 Å². The van der Waals surface area contributed by atoms with Crippen LogP contribution in [-0.4, -0.2) is 117 Å². The zero-order valence-corrected chi connectivity index (χ0v) is 52.5. The lowest BCUT2D eigenvalue weighted by atomic mass is 9.70. The first-order chi connectivity index (χ1) is 39.7. The number of carboxylic acid groups (broad SMARTS) is 1. The van der Waals surface area contributed by atoms with Gasteiger partial charge in [0, 0.05) is 56.0 Å². The van der Waals surface area contributed by atoms with Gasteiger partial charge in [-0.1, -0.05) is 125 Å². The van der Waals surface area contributed by atoms with Crippen LogP contribution in [0.15, 0.2) is 135 Å². The Morgan fingerprint density at radius 2 is 1.44 bits per heavy atom. The van der Waals surface area contributed by atoms with Crippen molar-refractivity contribution in [2.75, 3.05) is 53.3 Å². The quantitative estimate of drug-likeness (QED) is 0.0557. The Labute approximate surface area is 499 Å². The number of nitrogens with zero attached hydrogens (tertiary/aromatic N) is 7. The Morgan fingerprint density at radius 3 is 1.96 bits per heavy atom. The highest BCUT2D eigenvalue weighted by molar-refractivity contribution is 7.99. The summed E-state index contributed by atoms with van der Waals surface area (Å²) < 4.78 is 9.33. The van der Waals surface area contributed by atoms with Crippen LogP contribution in [-0.2, 0) is 47.5 Å². The van der Waals surface area contributed by atoms with Gasteiger partial charge < -0.3 is 34.2 Å². The predicted molar refractivity (Wildman–Crippen MR) is 335 cm³/mol. The molecule has 0 radical (unpaired) electrons. The third-order valence-corrected chi connectivity index (χ3v) is 17.2. The van der Waals surface area contributed by atoms with E-state index in [0.29, 0.717) is 35.5 Å². The lowest BCUT2D eigenvalue weighted by Gasteiger charge is -2.41. The molecule has 2 aromatic heterocycles. The van der Waals surface area contributed by atoms with E-state index in [4.69, 9.17) is 9.84 Å². The van der Waals surface area contributed by atoms with E-state index in [1.54, 1.807) is 32.7 Å². The number of imidazole rings is 1.